The third-order valence-electron chi connectivity index (χ3n) is 4.06. The maximum absolute atomic E-state index is 11.3. The van der Waals surface area contributed by atoms with Gasteiger partial charge in [0.2, 0.25) is 5.91 Å². The number of ether oxygens (including phenoxy) is 1. The van der Waals surface area contributed by atoms with Gasteiger partial charge in [-0.15, -0.1) is 0 Å². The number of aryl methyl sites for hydroxylation is 1. The molecule has 0 radical (unpaired) electrons. The third kappa shape index (κ3) is 3.12. The molecule has 1 amide bonds. The van der Waals surface area contributed by atoms with Gasteiger partial charge in [0, 0.05) is 18.2 Å². The van der Waals surface area contributed by atoms with Crippen LogP contribution in [0.5, 0.6) is 5.75 Å². The van der Waals surface area contributed by atoms with Crippen LogP contribution in [0.2, 0.25) is 0 Å². The normalized spacial score (nSPS) is 19.1. The maximum atomic E-state index is 11.3. The second-order valence-corrected chi connectivity index (χ2v) is 5.68. The van der Waals surface area contributed by atoms with Crippen molar-refractivity contribution in [2.45, 2.75) is 38.6 Å². The Labute approximate surface area is 119 Å². The smallest absolute Gasteiger partial charge is 0.224 e. The van der Waals surface area contributed by atoms with E-state index in [2.05, 4.69) is 23.6 Å². The molecule has 0 aromatic heterocycles. The summed E-state index contributed by atoms with van der Waals surface area (Å²) in [6, 6.07) is 6.42. The highest BCUT2D eigenvalue weighted by molar-refractivity contribution is 5.93. The number of fused-ring (bicyclic) bond motifs is 1. The molecule has 1 heterocycles. The Bertz CT molecular complexity index is 497. The molecule has 1 saturated carbocycles. The second kappa shape index (κ2) is 5.83. The number of hydrogen-bond donors (Lipinski definition) is 2. The van der Waals surface area contributed by atoms with Gasteiger partial charge >= 0.3 is 0 Å². The van der Waals surface area contributed by atoms with Gasteiger partial charge in [0.25, 0.3) is 0 Å². The summed E-state index contributed by atoms with van der Waals surface area (Å²) < 4.78 is 5.94. The van der Waals surface area contributed by atoms with Crippen LogP contribution in [0.25, 0.3) is 0 Å². The first-order chi connectivity index (χ1) is 9.76. The SMILES string of the molecule is CCNC(COc1ccc2c(c1)CCC(=O)N2)C1CC1. The maximum Gasteiger partial charge on any atom is 0.224 e. The zero-order valence-corrected chi connectivity index (χ0v) is 11.9. The van der Waals surface area contributed by atoms with E-state index in [1.807, 2.05) is 12.1 Å². The molecule has 0 bridgehead atoms. The molecule has 20 heavy (non-hydrogen) atoms. The van der Waals surface area contributed by atoms with Crippen LogP contribution in [0.3, 0.4) is 0 Å². The van der Waals surface area contributed by atoms with E-state index in [1.165, 1.54) is 18.4 Å². The van der Waals surface area contributed by atoms with Crippen LogP contribution in [-0.2, 0) is 11.2 Å². The number of amides is 1. The van der Waals surface area contributed by atoms with E-state index >= 15 is 0 Å². The van der Waals surface area contributed by atoms with E-state index in [1.54, 1.807) is 0 Å². The van der Waals surface area contributed by atoms with Crippen molar-refractivity contribution < 1.29 is 9.53 Å². The van der Waals surface area contributed by atoms with E-state index in [0.717, 1.165) is 36.9 Å². The van der Waals surface area contributed by atoms with Crippen molar-refractivity contribution in [3.8, 4) is 5.75 Å². The summed E-state index contributed by atoms with van der Waals surface area (Å²) >= 11 is 0. The summed E-state index contributed by atoms with van der Waals surface area (Å²) in [6.07, 6.45) is 4.00. The monoisotopic (exact) mass is 274 g/mol. The molecule has 0 saturated heterocycles. The summed E-state index contributed by atoms with van der Waals surface area (Å²) in [4.78, 5) is 11.3. The van der Waals surface area contributed by atoms with Gasteiger partial charge in [-0.2, -0.15) is 0 Å². The van der Waals surface area contributed by atoms with Crippen molar-refractivity contribution in [1.82, 2.24) is 5.32 Å². The Morgan fingerprint density at radius 1 is 1.40 bits per heavy atom. The number of carbonyl (C=O) groups is 1. The molecule has 2 N–H and O–H groups in total. The van der Waals surface area contributed by atoms with Crippen molar-refractivity contribution in [3.63, 3.8) is 0 Å². The molecule has 1 aliphatic carbocycles. The van der Waals surface area contributed by atoms with E-state index in [0.29, 0.717) is 12.5 Å². The zero-order valence-electron chi connectivity index (χ0n) is 11.9. The average molecular weight is 274 g/mol. The highest BCUT2D eigenvalue weighted by atomic mass is 16.5. The van der Waals surface area contributed by atoms with Gasteiger partial charge in [-0.25, -0.2) is 0 Å². The topological polar surface area (TPSA) is 50.4 Å². The van der Waals surface area contributed by atoms with Gasteiger partial charge in [-0.1, -0.05) is 6.92 Å². The third-order valence-corrected chi connectivity index (χ3v) is 4.06. The molecular formula is C16H22N2O2. The van der Waals surface area contributed by atoms with Crippen molar-refractivity contribution in [1.29, 1.82) is 0 Å². The van der Waals surface area contributed by atoms with Gasteiger partial charge < -0.3 is 15.4 Å². The number of carbonyl (C=O) groups excluding carboxylic acids is 1. The fourth-order valence-corrected chi connectivity index (χ4v) is 2.76. The number of rotatable bonds is 6. The van der Waals surface area contributed by atoms with E-state index in [9.17, 15) is 4.79 Å². The van der Waals surface area contributed by atoms with Gasteiger partial charge in [0.05, 0.1) is 0 Å². The summed E-state index contributed by atoms with van der Waals surface area (Å²) in [5, 5.41) is 6.39. The molecule has 1 aromatic rings. The Morgan fingerprint density at radius 3 is 3.00 bits per heavy atom. The minimum atomic E-state index is 0.104. The molecule has 1 atom stereocenters. The fraction of sp³-hybridized carbons (Fsp3) is 0.562. The van der Waals surface area contributed by atoms with Crippen molar-refractivity contribution in [2.24, 2.45) is 5.92 Å². The van der Waals surface area contributed by atoms with Crippen molar-refractivity contribution in [2.75, 3.05) is 18.5 Å². The lowest BCUT2D eigenvalue weighted by Crippen LogP contribution is -2.36. The first-order valence-corrected chi connectivity index (χ1v) is 7.55. The van der Waals surface area contributed by atoms with E-state index in [-0.39, 0.29) is 5.91 Å². The van der Waals surface area contributed by atoms with Crippen LogP contribution in [0.15, 0.2) is 18.2 Å². The molecular weight excluding hydrogens is 252 g/mol. The number of likely N-dealkylation sites (N-methyl/N-ethyl adjacent to an activating group) is 1. The molecule has 4 nitrogen and oxygen atoms in total. The van der Waals surface area contributed by atoms with Crippen LogP contribution in [-0.4, -0.2) is 25.1 Å². The van der Waals surface area contributed by atoms with Crippen LogP contribution in [0.4, 0.5) is 5.69 Å². The second-order valence-electron chi connectivity index (χ2n) is 5.68. The minimum absolute atomic E-state index is 0.104. The highest BCUT2D eigenvalue weighted by Gasteiger charge is 2.31. The molecule has 1 unspecified atom stereocenters. The van der Waals surface area contributed by atoms with Crippen LogP contribution < -0.4 is 15.4 Å². The molecule has 1 fully saturated rings. The number of benzene rings is 1. The van der Waals surface area contributed by atoms with Crippen LogP contribution in [0.1, 0.15) is 31.7 Å². The van der Waals surface area contributed by atoms with Crippen molar-refractivity contribution in [3.05, 3.63) is 23.8 Å². The number of hydrogen-bond acceptors (Lipinski definition) is 3. The van der Waals surface area contributed by atoms with Crippen LogP contribution >= 0.6 is 0 Å². The zero-order chi connectivity index (χ0) is 13.9. The summed E-state index contributed by atoms with van der Waals surface area (Å²) in [5.74, 6) is 1.79. The lowest BCUT2D eigenvalue weighted by molar-refractivity contribution is -0.116. The molecule has 4 heteroatoms. The van der Waals surface area contributed by atoms with Gasteiger partial charge in [-0.05, 0) is 55.5 Å². The summed E-state index contributed by atoms with van der Waals surface area (Å²) in [5.41, 5.74) is 2.10. The van der Waals surface area contributed by atoms with Gasteiger partial charge in [0.15, 0.2) is 0 Å². The Hall–Kier alpha value is -1.55. The largest absolute Gasteiger partial charge is 0.492 e. The summed E-state index contributed by atoms with van der Waals surface area (Å²) in [6.45, 7) is 3.85. The van der Waals surface area contributed by atoms with Crippen molar-refractivity contribution >= 4 is 11.6 Å². The first kappa shape index (κ1) is 13.4. The molecule has 2 aliphatic rings. The highest BCUT2D eigenvalue weighted by Crippen LogP contribution is 2.33. The molecule has 1 aliphatic heterocycles. The first-order valence-electron chi connectivity index (χ1n) is 7.55. The lowest BCUT2D eigenvalue weighted by atomic mass is 10.0. The predicted octanol–water partition coefficient (Wildman–Crippen LogP) is 2.34. The van der Waals surface area contributed by atoms with E-state index in [4.69, 9.17) is 4.74 Å². The van der Waals surface area contributed by atoms with Crippen LogP contribution in [0, 0.1) is 5.92 Å². The standard InChI is InChI=1S/C16H22N2O2/c1-2-17-15(11-3-4-11)10-20-13-6-7-14-12(9-13)5-8-16(19)18-14/h6-7,9,11,15,17H,2-5,8,10H2,1H3,(H,18,19). The molecule has 108 valence electrons. The Balaban J connectivity index is 1.61. The predicted molar refractivity (Wildman–Crippen MR) is 79.1 cm³/mol. The van der Waals surface area contributed by atoms with Gasteiger partial charge in [0.1, 0.15) is 12.4 Å². The number of anilines is 1. The van der Waals surface area contributed by atoms with Gasteiger partial charge in [-0.3, -0.25) is 4.79 Å². The van der Waals surface area contributed by atoms with E-state index < -0.39 is 0 Å². The molecule has 0 spiro atoms. The lowest BCUT2D eigenvalue weighted by Gasteiger charge is -2.20. The summed E-state index contributed by atoms with van der Waals surface area (Å²) in [7, 11) is 0. The molecule has 1 aromatic carbocycles. The Morgan fingerprint density at radius 2 is 2.25 bits per heavy atom. The minimum Gasteiger partial charge on any atom is -0.492 e. The quantitative estimate of drug-likeness (QED) is 0.837. The number of nitrogens with one attached hydrogen (secondary N) is 2. The average Bonchev–Trinajstić information content (AvgIpc) is 3.28. The Kier molecular flexibility index (Phi) is 3.92. The fourth-order valence-electron chi connectivity index (χ4n) is 2.76. The molecule has 3 rings (SSSR count).